The lowest BCUT2D eigenvalue weighted by molar-refractivity contribution is -0.151. The molecule has 3 fully saturated rings. The molecule has 56 heavy (non-hydrogen) atoms. The van der Waals surface area contributed by atoms with E-state index in [1.165, 1.54) is 0 Å². The molecule has 0 spiro atoms. The lowest BCUT2D eigenvalue weighted by atomic mass is 10.0. The summed E-state index contributed by atoms with van der Waals surface area (Å²) in [5, 5.41) is 12.2. The fourth-order valence-corrected chi connectivity index (χ4v) is 8.54. The number of nitrogens with one attached hydrogen (secondary N) is 4. The normalized spacial score (nSPS) is 20.2. The number of likely N-dealkylation sites (tertiary alicyclic amines) is 1. The van der Waals surface area contributed by atoms with Gasteiger partial charge in [-0.2, -0.15) is 4.98 Å². The number of aromatic nitrogens is 2. The maximum absolute atomic E-state index is 13.4. The zero-order valence-electron chi connectivity index (χ0n) is 33.8. The zero-order chi connectivity index (χ0) is 39.8. The van der Waals surface area contributed by atoms with Crippen LogP contribution in [0.25, 0.3) is 0 Å². The molecule has 0 radical (unpaired) electrons. The molecule has 6 rings (SSSR count). The first-order valence-electron chi connectivity index (χ1n) is 20.7. The summed E-state index contributed by atoms with van der Waals surface area (Å²) in [4.78, 5) is 67.8. The highest BCUT2D eigenvalue weighted by Crippen LogP contribution is 2.40. The number of piperidine rings is 1. The first-order valence-corrected chi connectivity index (χ1v) is 20.7. The number of carbonyl (C=O) groups is 4. The van der Waals surface area contributed by atoms with Crippen molar-refractivity contribution in [2.45, 2.75) is 128 Å². The highest BCUT2D eigenvalue weighted by atomic mass is 16.5. The quantitative estimate of drug-likeness (QED) is 0.177. The number of methoxy groups -OCH3 is 1. The van der Waals surface area contributed by atoms with Crippen molar-refractivity contribution in [1.29, 1.82) is 0 Å². The molecule has 2 saturated carbocycles. The van der Waals surface area contributed by atoms with Crippen molar-refractivity contribution in [3.8, 4) is 5.75 Å². The van der Waals surface area contributed by atoms with E-state index < -0.39 is 6.04 Å². The Morgan fingerprint density at radius 2 is 1.71 bits per heavy atom. The molecule has 0 bridgehead atoms. The molecular formula is C41H61N9O6. The summed E-state index contributed by atoms with van der Waals surface area (Å²) in [5.74, 6) is 1.41. The van der Waals surface area contributed by atoms with E-state index in [4.69, 9.17) is 14.5 Å². The van der Waals surface area contributed by atoms with E-state index >= 15 is 0 Å². The molecule has 306 valence electrons. The van der Waals surface area contributed by atoms with Crippen molar-refractivity contribution < 1.29 is 28.7 Å². The first kappa shape index (κ1) is 41.0. The number of carbonyl (C=O) groups excluding carboxylic acids is 4. The third kappa shape index (κ3) is 10.0. The molecule has 2 atom stereocenters. The standard InChI is InChI=1S/C41H61N9O6/c1-6-33-38(52)48(4)34-25-43-40(47-36(34)50(33)29-11-7-8-12-29)45-31-16-15-27(24-35(31)55-5)37(51)44-28-17-20-49(21-18-28)22-19-42-41(54)46-32(23-26(2)3)39(53)56-30-13-9-10-14-30/h15-16,24-26,28-30,32-33H,6-14,17-23H2,1-5H3,(H,44,51)(H2,42,46,54)(H,43,45,47)/t32-,33+/m1/s1. The molecule has 2 aromatic rings. The van der Waals surface area contributed by atoms with Gasteiger partial charge in [0.05, 0.1) is 19.0 Å². The number of esters is 1. The molecule has 4 N–H and O–H groups in total. The minimum atomic E-state index is -0.664. The molecule has 15 heteroatoms. The minimum absolute atomic E-state index is 0.0187. The predicted molar refractivity (Wildman–Crippen MR) is 216 cm³/mol. The summed E-state index contributed by atoms with van der Waals surface area (Å²) in [7, 11) is 3.35. The van der Waals surface area contributed by atoms with Gasteiger partial charge >= 0.3 is 12.0 Å². The molecule has 4 amide bonds. The van der Waals surface area contributed by atoms with Crippen molar-refractivity contribution in [1.82, 2.24) is 30.8 Å². The molecule has 4 aliphatic rings. The van der Waals surface area contributed by atoms with Crippen LogP contribution < -0.4 is 35.8 Å². The minimum Gasteiger partial charge on any atom is -0.495 e. The van der Waals surface area contributed by atoms with Crippen molar-refractivity contribution in [2.75, 3.05) is 55.5 Å². The van der Waals surface area contributed by atoms with Gasteiger partial charge in [-0.15, -0.1) is 0 Å². The fourth-order valence-electron chi connectivity index (χ4n) is 8.54. The molecule has 1 aromatic heterocycles. The Labute approximate surface area is 331 Å². The summed E-state index contributed by atoms with van der Waals surface area (Å²) in [6, 6.07) is 4.26. The van der Waals surface area contributed by atoms with Gasteiger partial charge in [0.15, 0.2) is 5.82 Å². The Bertz CT molecular complexity index is 1690. The van der Waals surface area contributed by atoms with Crippen molar-refractivity contribution >= 4 is 47.0 Å². The molecule has 15 nitrogen and oxygen atoms in total. The number of fused-ring (bicyclic) bond motifs is 1. The maximum atomic E-state index is 13.4. The number of benzene rings is 1. The number of urea groups is 1. The van der Waals surface area contributed by atoms with E-state index in [0.717, 1.165) is 83.1 Å². The highest BCUT2D eigenvalue weighted by molar-refractivity contribution is 6.04. The average Bonchev–Trinajstić information content (AvgIpc) is 3.92. The van der Waals surface area contributed by atoms with E-state index in [2.05, 4.69) is 36.1 Å². The maximum Gasteiger partial charge on any atom is 0.328 e. The molecular weight excluding hydrogens is 715 g/mol. The van der Waals surface area contributed by atoms with Crippen LogP contribution in [0.1, 0.15) is 108 Å². The number of anilines is 4. The third-order valence-corrected chi connectivity index (χ3v) is 11.6. The van der Waals surface area contributed by atoms with Crippen molar-refractivity contribution in [3.05, 3.63) is 30.0 Å². The van der Waals surface area contributed by atoms with Gasteiger partial charge in [0.1, 0.15) is 29.6 Å². The van der Waals surface area contributed by atoms with E-state index in [1.807, 2.05) is 20.8 Å². The van der Waals surface area contributed by atoms with Gasteiger partial charge in [-0.1, -0.05) is 33.6 Å². The van der Waals surface area contributed by atoms with E-state index in [-0.39, 0.29) is 54.0 Å². The summed E-state index contributed by atoms with van der Waals surface area (Å²) in [5.41, 5.74) is 1.81. The van der Waals surface area contributed by atoms with Crippen LogP contribution in [-0.4, -0.2) is 109 Å². The number of rotatable bonds is 15. The number of hydrogen-bond acceptors (Lipinski definition) is 11. The largest absolute Gasteiger partial charge is 0.495 e. The van der Waals surface area contributed by atoms with Crippen LogP contribution in [0.4, 0.5) is 27.9 Å². The van der Waals surface area contributed by atoms with E-state index in [1.54, 1.807) is 43.5 Å². The molecule has 0 unspecified atom stereocenters. The number of likely N-dealkylation sites (N-methyl/N-ethyl adjacent to an activating group) is 1. The van der Waals surface area contributed by atoms with Gasteiger partial charge < -0.3 is 45.4 Å². The van der Waals surface area contributed by atoms with Crippen molar-refractivity contribution in [2.24, 2.45) is 5.92 Å². The number of ether oxygens (including phenoxy) is 2. The monoisotopic (exact) mass is 775 g/mol. The number of hydrogen-bond donors (Lipinski definition) is 4. The van der Waals surface area contributed by atoms with Gasteiger partial charge in [-0.25, -0.2) is 14.6 Å². The predicted octanol–water partition coefficient (Wildman–Crippen LogP) is 5.13. The Balaban J connectivity index is 0.976. The zero-order valence-corrected chi connectivity index (χ0v) is 33.8. The summed E-state index contributed by atoms with van der Waals surface area (Å²) in [6.07, 6.45) is 12.7. The van der Waals surface area contributed by atoms with Gasteiger partial charge in [0.25, 0.3) is 5.91 Å². The Morgan fingerprint density at radius 3 is 2.39 bits per heavy atom. The van der Waals surface area contributed by atoms with Gasteiger partial charge in [-0.3, -0.25) is 9.59 Å². The van der Waals surface area contributed by atoms with Crippen LogP contribution in [0.15, 0.2) is 24.4 Å². The average molecular weight is 776 g/mol. The van der Waals surface area contributed by atoms with Gasteiger partial charge in [0.2, 0.25) is 11.9 Å². The molecule has 2 aliphatic heterocycles. The lowest BCUT2D eigenvalue weighted by Crippen LogP contribution is -2.55. The van der Waals surface area contributed by atoms with Crippen LogP contribution in [-0.2, 0) is 14.3 Å². The summed E-state index contributed by atoms with van der Waals surface area (Å²) in [6.45, 7) is 8.77. The second-order valence-electron chi connectivity index (χ2n) is 16.1. The topological polar surface area (TPSA) is 170 Å². The number of amides is 4. The second kappa shape index (κ2) is 19.0. The van der Waals surface area contributed by atoms with Crippen LogP contribution in [0.5, 0.6) is 5.75 Å². The lowest BCUT2D eigenvalue weighted by Gasteiger charge is -2.43. The molecule has 3 heterocycles. The number of nitrogens with zero attached hydrogens (tertiary/aromatic N) is 5. The summed E-state index contributed by atoms with van der Waals surface area (Å²) < 4.78 is 11.4. The van der Waals surface area contributed by atoms with Crippen LogP contribution in [0.2, 0.25) is 0 Å². The van der Waals surface area contributed by atoms with Crippen molar-refractivity contribution in [3.63, 3.8) is 0 Å². The van der Waals surface area contributed by atoms with E-state index in [9.17, 15) is 19.2 Å². The highest BCUT2D eigenvalue weighted by Gasteiger charge is 2.41. The van der Waals surface area contributed by atoms with Gasteiger partial charge in [0, 0.05) is 50.9 Å². The third-order valence-electron chi connectivity index (χ3n) is 11.6. The summed E-state index contributed by atoms with van der Waals surface area (Å²) >= 11 is 0. The van der Waals surface area contributed by atoms with E-state index in [0.29, 0.717) is 54.6 Å². The van der Waals surface area contributed by atoms with Crippen LogP contribution >= 0.6 is 0 Å². The molecule has 2 aliphatic carbocycles. The first-order chi connectivity index (χ1) is 27.0. The molecule has 1 aromatic carbocycles. The smallest absolute Gasteiger partial charge is 0.328 e. The Kier molecular flexibility index (Phi) is 13.9. The van der Waals surface area contributed by atoms with Gasteiger partial charge in [-0.05, 0) is 88.3 Å². The second-order valence-corrected chi connectivity index (χ2v) is 16.1. The Hall–Kier alpha value is -4.66. The van der Waals surface area contributed by atoms with Crippen LogP contribution in [0, 0.1) is 5.92 Å². The SMILES string of the molecule is CC[C@H]1C(=O)N(C)c2cnc(Nc3ccc(C(=O)NC4CCN(CCNC(=O)N[C@H](CC(C)C)C(=O)OC5CCCC5)CC4)cc3OC)nc2N1C1CCCC1. The fraction of sp³-hybridized carbons (Fsp3) is 0.659. The van der Waals surface area contributed by atoms with Crippen LogP contribution in [0.3, 0.4) is 0 Å². The Morgan fingerprint density at radius 1 is 1.00 bits per heavy atom. The molecule has 1 saturated heterocycles.